The summed E-state index contributed by atoms with van der Waals surface area (Å²) >= 11 is 0. The molecule has 0 aliphatic heterocycles. The van der Waals surface area contributed by atoms with Crippen molar-refractivity contribution in [1.29, 1.82) is 0 Å². The number of ether oxygens (including phenoxy) is 3. The van der Waals surface area contributed by atoms with Gasteiger partial charge in [-0.25, -0.2) is 4.79 Å². The summed E-state index contributed by atoms with van der Waals surface area (Å²) in [7, 11) is 4.27. The van der Waals surface area contributed by atoms with Crippen molar-refractivity contribution in [3.8, 4) is 0 Å². The van der Waals surface area contributed by atoms with E-state index in [9.17, 15) is 4.79 Å². The molecule has 0 aromatic rings. The molecule has 0 aliphatic rings. The highest BCUT2D eigenvalue weighted by molar-refractivity contribution is 5.81. The number of rotatable bonds is 4. The Balaban J connectivity index is 3.78. The zero-order valence-electron chi connectivity index (χ0n) is 6.87. The molecule has 0 saturated heterocycles. The normalized spacial score (nSPS) is 10.9. The van der Waals surface area contributed by atoms with Gasteiger partial charge in [-0.05, 0) is 6.08 Å². The highest BCUT2D eigenvalue weighted by Crippen LogP contribution is 1.92. The van der Waals surface area contributed by atoms with Crippen LogP contribution in [0.1, 0.15) is 0 Å². The Hall–Kier alpha value is -0.870. The maximum absolute atomic E-state index is 10.5. The second-order valence-electron chi connectivity index (χ2n) is 1.72. The van der Waals surface area contributed by atoms with Crippen LogP contribution in [0.3, 0.4) is 0 Å². The molecule has 0 aromatic carbocycles. The van der Waals surface area contributed by atoms with E-state index in [-0.39, 0.29) is 0 Å². The maximum Gasteiger partial charge on any atom is 0.330 e. The summed E-state index contributed by atoms with van der Waals surface area (Å²) in [5, 5.41) is 0. The third-order valence-corrected chi connectivity index (χ3v) is 1.06. The van der Waals surface area contributed by atoms with E-state index >= 15 is 0 Å². The minimum atomic E-state index is -0.492. The predicted molar refractivity (Wildman–Crippen MR) is 39.0 cm³/mol. The Labute approximate surface area is 65.7 Å². The molecule has 0 radical (unpaired) electrons. The second-order valence-corrected chi connectivity index (χ2v) is 1.72. The van der Waals surface area contributed by atoms with Gasteiger partial charge in [-0.15, -0.1) is 0 Å². The smallest absolute Gasteiger partial charge is 0.330 e. The standard InChI is InChI=1S/C7H12O4/c1-9-6(8)4-5-7(10-2)11-3/h4-5,7H,1-3H3/b5-4-. The summed E-state index contributed by atoms with van der Waals surface area (Å²) in [5.41, 5.74) is 0. The van der Waals surface area contributed by atoms with Crippen LogP contribution in [0, 0.1) is 0 Å². The molecule has 4 heteroatoms. The van der Waals surface area contributed by atoms with Crippen LogP contribution in [0.2, 0.25) is 0 Å². The zero-order valence-corrected chi connectivity index (χ0v) is 6.87. The molecule has 0 N–H and O–H groups in total. The van der Waals surface area contributed by atoms with Crippen LogP contribution in [-0.2, 0) is 19.0 Å². The first kappa shape index (κ1) is 10.1. The van der Waals surface area contributed by atoms with Gasteiger partial charge in [-0.3, -0.25) is 0 Å². The Kier molecular flexibility index (Phi) is 5.42. The lowest BCUT2D eigenvalue weighted by molar-refractivity contribution is -0.135. The van der Waals surface area contributed by atoms with E-state index in [2.05, 4.69) is 4.74 Å². The van der Waals surface area contributed by atoms with Crippen molar-refractivity contribution in [2.24, 2.45) is 0 Å². The molecule has 0 heterocycles. The molecular formula is C7H12O4. The summed E-state index contributed by atoms with van der Waals surface area (Å²) in [6, 6.07) is 0. The molecule has 0 spiro atoms. The molecule has 0 rings (SSSR count). The fraction of sp³-hybridized carbons (Fsp3) is 0.571. The highest BCUT2D eigenvalue weighted by atomic mass is 16.7. The van der Waals surface area contributed by atoms with Gasteiger partial charge in [0.25, 0.3) is 0 Å². The fourth-order valence-corrected chi connectivity index (χ4v) is 0.479. The molecule has 0 bridgehead atoms. The molecule has 4 nitrogen and oxygen atoms in total. The van der Waals surface area contributed by atoms with E-state index in [1.807, 2.05) is 0 Å². The second kappa shape index (κ2) is 5.88. The maximum atomic E-state index is 10.5. The summed E-state index contributed by atoms with van der Waals surface area (Å²) in [6.45, 7) is 0. The van der Waals surface area contributed by atoms with Crippen molar-refractivity contribution in [3.05, 3.63) is 12.2 Å². The highest BCUT2D eigenvalue weighted by Gasteiger charge is 1.99. The van der Waals surface area contributed by atoms with Crippen LogP contribution in [0.25, 0.3) is 0 Å². The van der Waals surface area contributed by atoms with Gasteiger partial charge in [-0.2, -0.15) is 0 Å². The summed E-state index contributed by atoms with van der Waals surface area (Å²) < 4.78 is 13.9. The third kappa shape index (κ3) is 4.52. The molecule has 0 aromatic heterocycles. The van der Waals surface area contributed by atoms with E-state index in [1.54, 1.807) is 0 Å². The number of carbonyl (C=O) groups is 1. The lowest BCUT2D eigenvalue weighted by Gasteiger charge is -2.06. The van der Waals surface area contributed by atoms with Crippen molar-refractivity contribution in [2.75, 3.05) is 21.3 Å². The van der Waals surface area contributed by atoms with Gasteiger partial charge in [0.1, 0.15) is 0 Å². The first-order valence-corrected chi connectivity index (χ1v) is 3.06. The van der Waals surface area contributed by atoms with Gasteiger partial charge in [0, 0.05) is 20.3 Å². The quantitative estimate of drug-likeness (QED) is 0.338. The first-order valence-electron chi connectivity index (χ1n) is 3.06. The van der Waals surface area contributed by atoms with E-state index in [1.165, 1.54) is 33.5 Å². The molecule has 11 heavy (non-hydrogen) atoms. The molecule has 0 fully saturated rings. The van der Waals surface area contributed by atoms with Crippen molar-refractivity contribution >= 4 is 5.97 Å². The molecule has 0 atom stereocenters. The topological polar surface area (TPSA) is 44.8 Å². The summed E-state index contributed by atoms with van der Waals surface area (Å²) in [5.74, 6) is -0.427. The van der Waals surface area contributed by atoms with Crippen molar-refractivity contribution in [3.63, 3.8) is 0 Å². The van der Waals surface area contributed by atoms with E-state index < -0.39 is 12.3 Å². The minimum absolute atomic E-state index is 0.427. The van der Waals surface area contributed by atoms with E-state index in [0.717, 1.165) is 0 Å². The number of methoxy groups -OCH3 is 3. The van der Waals surface area contributed by atoms with Crippen molar-refractivity contribution in [1.82, 2.24) is 0 Å². The van der Waals surface area contributed by atoms with Crippen LogP contribution in [0.5, 0.6) is 0 Å². The predicted octanol–water partition coefficient (Wildman–Crippen LogP) is 0.334. The monoisotopic (exact) mass is 160 g/mol. The minimum Gasteiger partial charge on any atom is -0.466 e. The average Bonchev–Trinajstić information content (AvgIpc) is 2.06. The van der Waals surface area contributed by atoms with Gasteiger partial charge in [0.2, 0.25) is 0 Å². The molecule has 0 amide bonds. The lowest BCUT2D eigenvalue weighted by Crippen LogP contribution is -2.09. The SMILES string of the molecule is COC(=O)/C=C\C(OC)OC. The lowest BCUT2D eigenvalue weighted by atomic mass is 10.5. The zero-order chi connectivity index (χ0) is 8.69. The van der Waals surface area contributed by atoms with E-state index in [4.69, 9.17) is 9.47 Å². The van der Waals surface area contributed by atoms with Gasteiger partial charge < -0.3 is 14.2 Å². The largest absolute Gasteiger partial charge is 0.466 e. The van der Waals surface area contributed by atoms with Gasteiger partial charge >= 0.3 is 5.97 Å². The number of carbonyl (C=O) groups excluding carboxylic acids is 1. The van der Waals surface area contributed by atoms with Gasteiger partial charge in [-0.1, -0.05) is 0 Å². The molecule has 64 valence electrons. The van der Waals surface area contributed by atoms with Crippen molar-refractivity contribution in [2.45, 2.75) is 6.29 Å². The first-order chi connectivity index (χ1) is 5.24. The Bertz CT molecular complexity index is 137. The number of hydrogen-bond donors (Lipinski definition) is 0. The van der Waals surface area contributed by atoms with Crippen LogP contribution < -0.4 is 0 Å². The molecule has 0 unspecified atom stereocenters. The summed E-state index contributed by atoms with van der Waals surface area (Å²) in [4.78, 5) is 10.5. The Morgan fingerprint density at radius 1 is 1.27 bits per heavy atom. The van der Waals surface area contributed by atoms with E-state index in [0.29, 0.717) is 0 Å². The van der Waals surface area contributed by atoms with Gasteiger partial charge in [0.05, 0.1) is 7.11 Å². The molecular weight excluding hydrogens is 148 g/mol. The molecule has 0 saturated carbocycles. The average molecular weight is 160 g/mol. The number of esters is 1. The van der Waals surface area contributed by atoms with Gasteiger partial charge in [0.15, 0.2) is 6.29 Å². The van der Waals surface area contributed by atoms with Crippen LogP contribution >= 0.6 is 0 Å². The summed E-state index contributed by atoms with van der Waals surface area (Å²) in [6.07, 6.45) is 2.22. The van der Waals surface area contributed by atoms with Crippen molar-refractivity contribution < 1.29 is 19.0 Å². The third-order valence-electron chi connectivity index (χ3n) is 1.06. The molecule has 0 aliphatic carbocycles. The number of hydrogen-bond acceptors (Lipinski definition) is 4. The Morgan fingerprint density at radius 3 is 2.18 bits per heavy atom. The fourth-order valence-electron chi connectivity index (χ4n) is 0.479. The van der Waals surface area contributed by atoms with Crippen LogP contribution in [0.4, 0.5) is 0 Å². The Morgan fingerprint density at radius 2 is 1.82 bits per heavy atom. The van der Waals surface area contributed by atoms with Crippen LogP contribution in [0.15, 0.2) is 12.2 Å². The van der Waals surface area contributed by atoms with Crippen LogP contribution in [-0.4, -0.2) is 33.6 Å².